The highest BCUT2D eigenvalue weighted by atomic mass is 127. The number of hydrogen-bond acceptors (Lipinski definition) is 4. The molecule has 1 unspecified atom stereocenters. The number of halogens is 2. The summed E-state index contributed by atoms with van der Waals surface area (Å²) in [5, 5.41) is 7.98. The fourth-order valence-corrected chi connectivity index (χ4v) is 4.83. The van der Waals surface area contributed by atoms with Crippen LogP contribution in [0.4, 0.5) is 15.8 Å². The quantitative estimate of drug-likeness (QED) is 0.103. The highest BCUT2D eigenvalue weighted by Gasteiger charge is 2.17. The average Bonchev–Trinajstić information content (AvgIpc) is 2.95. The Morgan fingerprint density at radius 2 is 1.52 bits per heavy atom. The topological polar surface area (TPSA) is 87.3 Å². The van der Waals surface area contributed by atoms with E-state index in [9.17, 15) is 18.8 Å². The van der Waals surface area contributed by atoms with Crippen LogP contribution in [0.25, 0.3) is 6.08 Å². The van der Waals surface area contributed by atoms with Crippen LogP contribution in [0.1, 0.15) is 22.8 Å². The van der Waals surface area contributed by atoms with Gasteiger partial charge in [0.15, 0.2) is 0 Å². The van der Waals surface area contributed by atoms with Crippen LogP contribution in [0.2, 0.25) is 0 Å². The molecule has 40 heavy (non-hydrogen) atoms. The number of thioether (sulfide) groups is 1. The first kappa shape index (κ1) is 29.0. The van der Waals surface area contributed by atoms with Gasteiger partial charge in [-0.2, -0.15) is 0 Å². The number of anilines is 2. The monoisotopic (exact) mass is 665 g/mol. The summed E-state index contributed by atoms with van der Waals surface area (Å²) in [6.07, 6.45) is 1.48. The van der Waals surface area contributed by atoms with E-state index in [0.29, 0.717) is 16.8 Å². The van der Waals surface area contributed by atoms with E-state index in [1.165, 1.54) is 42.1 Å². The zero-order valence-corrected chi connectivity index (χ0v) is 24.3. The molecule has 0 aromatic heterocycles. The van der Waals surface area contributed by atoms with Crippen LogP contribution in [0.3, 0.4) is 0 Å². The van der Waals surface area contributed by atoms with Crippen LogP contribution in [0, 0.1) is 9.39 Å². The van der Waals surface area contributed by atoms with Crippen molar-refractivity contribution in [3.63, 3.8) is 0 Å². The second-order valence-electron chi connectivity index (χ2n) is 8.67. The van der Waals surface area contributed by atoms with Gasteiger partial charge in [-0.3, -0.25) is 14.4 Å². The molecule has 4 rings (SSSR count). The highest BCUT2D eigenvalue weighted by Crippen LogP contribution is 2.27. The van der Waals surface area contributed by atoms with E-state index in [1.54, 1.807) is 55.5 Å². The normalized spacial score (nSPS) is 11.8. The third-order valence-corrected chi connectivity index (χ3v) is 7.41. The van der Waals surface area contributed by atoms with E-state index in [2.05, 4.69) is 38.5 Å². The Labute approximate surface area is 249 Å². The number of carbonyl (C=O) groups excluding carboxylic acids is 3. The molecule has 0 fully saturated rings. The summed E-state index contributed by atoms with van der Waals surface area (Å²) < 4.78 is 14.5. The van der Waals surface area contributed by atoms with Crippen LogP contribution in [-0.4, -0.2) is 23.0 Å². The summed E-state index contributed by atoms with van der Waals surface area (Å²) in [5.74, 6) is -1.57. The third-order valence-electron chi connectivity index (χ3n) is 5.60. The predicted octanol–water partition coefficient (Wildman–Crippen LogP) is 6.96. The summed E-state index contributed by atoms with van der Waals surface area (Å²) in [6.45, 7) is 1.81. The van der Waals surface area contributed by atoms with E-state index in [0.717, 1.165) is 14.2 Å². The first-order valence-electron chi connectivity index (χ1n) is 12.2. The minimum absolute atomic E-state index is 0.0104. The van der Waals surface area contributed by atoms with Crippen molar-refractivity contribution < 1.29 is 18.8 Å². The maximum absolute atomic E-state index is 13.4. The van der Waals surface area contributed by atoms with Gasteiger partial charge in [-0.25, -0.2) is 4.39 Å². The number of carbonyl (C=O) groups is 3. The first-order valence-corrected chi connectivity index (χ1v) is 14.2. The fraction of sp³-hybridized carbons (Fsp3) is 0.0645. The van der Waals surface area contributed by atoms with Crippen molar-refractivity contribution >= 4 is 69.5 Å². The Morgan fingerprint density at radius 3 is 2.23 bits per heavy atom. The van der Waals surface area contributed by atoms with Crippen molar-refractivity contribution in [1.29, 1.82) is 0 Å². The molecule has 4 aromatic rings. The van der Waals surface area contributed by atoms with Gasteiger partial charge >= 0.3 is 0 Å². The number of hydrogen-bond donors (Lipinski definition) is 3. The summed E-state index contributed by atoms with van der Waals surface area (Å²) in [5.41, 5.74) is 2.12. The van der Waals surface area contributed by atoms with E-state index >= 15 is 0 Å². The van der Waals surface area contributed by atoms with Crippen molar-refractivity contribution in [2.24, 2.45) is 0 Å². The zero-order valence-electron chi connectivity index (χ0n) is 21.4. The van der Waals surface area contributed by atoms with E-state index in [1.807, 2.05) is 30.3 Å². The van der Waals surface area contributed by atoms with Gasteiger partial charge in [0.1, 0.15) is 11.5 Å². The third kappa shape index (κ3) is 8.52. The molecule has 202 valence electrons. The fourth-order valence-electron chi connectivity index (χ4n) is 3.55. The molecular formula is C31H25FIN3O3S. The van der Waals surface area contributed by atoms with Gasteiger partial charge < -0.3 is 16.0 Å². The van der Waals surface area contributed by atoms with Gasteiger partial charge in [0, 0.05) is 25.4 Å². The second-order valence-corrected chi connectivity index (χ2v) is 11.3. The standard InChI is InChI=1S/C31H25FIN3O3S/c1-20(29(37)34-25-16-14-24(33)15-17-25)40-27-9-5-8-26(19-27)35-31(39)28(18-21-10-12-23(32)13-11-21)36-30(38)22-6-3-2-4-7-22/h2-20H,1H3,(H,34,37)(H,35,39)(H,36,38)/b28-18-. The van der Waals surface area contributed by atoms with Gasteiger partial charge in [0.05, 0.1) is 5.25 Å². The Kier molecular flexibility index (Phi) is 10.1. The van der Waals surface area contributed by atoms with E-state index in [-0.39, 0.29) is 11.6 Å². The largest absolute Gasteiger partial charge is 0.325 e. The van der Waals surface area contributed by atoms with E-state index in [4.69, 9.17) is 0 Å². The number of amides is 3. The number of rotatable bonds is 9. The summed E-state index contributed by atoms with van der Waals surface area (Å²) in [6, 6.07) is 28.7. The Morgan fingerprint density at radius 1 is 0.825 bits per heavy atom. The smallest absolute Gasteiger partial charge is 0.272 e. The first-order chi connectivity index (χ1) is 19.3. The van der Waals surface area contributed by atoms with Gasteiger partial charge in [-0.1, -0.05) is 36.4 Å². The van der Waals surface area contributed by atoms with Crippen LogP contribution < -0.4 is 16.0 Å². The molecule has 0 aliphatic heterocycles. The van der Waals surface area contributed by atoms with Gasteiger partial charge in [0.25, 0.3) is 11.8 Å². The molecule has 0 radical (unpaired) electrons. The van der Waals surface area contributed by atoms with Gasteiger partial charge in [0.2, 0.25) is 5.91 Å². The summed E-state index contributed by atoms with van der Waals surface area (Å²) in [4.78, 5) is 39.6. The van der Waals surface area contributed by atoms with Crippen LogP contribution >= 0.6 is 34.4 Å². The van der Waals surface area contributed by atoms with Gasteiger partial charge in [-0.15, -0.1) is 11.8 Å². The molecule has 4 aromatic carbocycles. The van der Waals surface area contributed by atoms with Crippen molar-refractivity contribution in [2.45, 2.75) is 17.1 Å². The lowest BCUT2D eigenvalue weighted by Crippen LogP contribution is -2.30. The summed E-state index contributed by atoms with van der Waals surface area (Å²) >= 11 is 3.55. The van der Waals surface area contributed by atoms with Crippen molar-refractivity contribution in [3.05, 3.63) is 129 Å². The summed E-state index contributed by atoms with van der Waals surface area (Å²) in [7, 11) is 0. The zero-order chi connectivity index (χ0) is 28.5. The molecule has 0 saturated carbocycles. The van der Waals surface area contributed by atoms with Crippen LogP contribution in [-0.2, 0) is 9.59 Å². The van der Waals surface area contributed by atoms with E-state index < -0.39 is 22.9 Å². The van der Waals surface area contributed by atoms with Crippen LogP contribution in [0.5, 0.6) is 0 Å². The molecule has 0 spiro atoms. The molecule has 0 bridgehead atoms. The molecule has 6 nitrogen and oxygen atoms in total. The molecule has 0 saturated heterocycles. The molecule has 0 aliphatic rings. The Hall–Kier alpha value is -3.96. The molecule has 0 aliphatic carbocycles. The van der Waals surface area contributed by atoms with Crippen molar-refractivity contribution in [2.75, 3.05) is 10.6 Å². The van der Waals surface area contributed by atoms with Crippen molar-refractivity contribution in [3.8, 4) is 0 Å². The maximum atomic E-state index is 13.4. The molecular weight excluding hydrogens is 640 g/mol. The number of nitrogens with one attached hydrogen (secondary N) is 3. The average molecular weight is 666 g/mol. The SMILES string of the molecule is CC(Sc1cccc(NC(=O)/C(=C/c2ccc(F)cc2)NC(=O)c2ccccc2)c1)C(=O)Nc1ccc(I)cc1. The lowest BCUT2D eigenvalue weighted by molar-refractivity contribution is -0.115. The Balaban J connectivity index is 1.47. The lowest BCUT2D eigenvalue weighted by Gasteiger charge is -2.14. The highest BCUT2D eigenvalue weighted by molar-refractivity contribution is 14.1. The van der Waals surface area contributed by atoms with Crippen LogP contribution in [0.15, 0.2) is 114 Å². The maximum Gasteiger partial charge on any atom is 0.272 e. The molecule has 3 amide bonds. The van der Waals surface area contributed by atoms with Crippen molar-refractivity contribution in [1.82, 2.24) is 5.32 Å². The minimum Gasteiger partial charge on any atom is -0.325 e. The lowest BCUT2D eigenvalue weighted by atomic mass is 10.1. The second kappa shape index (κ2) is 13.9. The Bertz CT molecular complexity index is 1530. The number of benzene rings is 4. The molecule has 0 heterocycles. The predicted molar refractivity (Wildman–Crippen MR) is 166 cm³/mol. The molecule has 9 heteroatoms. The van der Waals surface area contributed by atoms with Gasteiger partial charge in [-0.05, 0) is 108 Å². The minimum atomic E-state index is -0.555. The molecule has 1 atom stereocenters. The molecule has 3 N–H and O–H groups in total.